The number of carbonyl (C=O) groups excluding carboxylic acids is 2. The highest BCUT2D eigenvalue weighted by molar-refractivity contribution is 5.92. The Balaban J connectivity index is 1.65. The van der Waals surface area contributed by atoms with Crippen LogP contribution in [0.25, 0.3) is 11.8 Å². The van der Waals surface area contributed by atoms with Gasteiger partial charge in [0.05, 0.1) is 36.0 Å². The Morgan fingerprint density at radius 3 is 2.73 bits per heavy atom. The van der Waals surface area contributed by atoms with Crippen LogP contribution in [0.4, 0.5) is 24.5 Å². The third-order valence-electron chi connectivity index (χ3n) is 6.24. The summed E-state index contributed by atoms with van der Waals surface area (Å²) < 4.78 is 37.5. The standard InChI is InChI=1S/C25H28F3N7O2/c1-15-5-4-6-21(34(3)12-23(37)31-13-25(26,27)28)24(15)35(14-36)22-11-30-19(7-16(22)2)17-8-29-10-20-18(17)9-32-33-20/h4-7,9-10,14,29-30,33H,8,11-13H2,1-3H3,(H,31,37). The lowest BCUT2D eigenvalue weighted by molar-refractivity contribution is -0.137. The van der Waals surface area contributed by atoms with Crippen molar-refractivity contribution in [2.24, 2.45) is 0 Å². The van der Waals surface area contributed by atoms with Gasteiger partial charge >= 0.3 is 6.18 Å². The van der Waals surface area contributed by atoms with Crippen LogP contribution in [0.1, 0.15) is 12.5 Å². The summed E-state index contributed by atoms with van der Waals surface area (Å²) >= 11 is 0. The number of nitrogens with one attached hydrogen (secondary N) is 4. The summed E-state index contributed by atoms with van der Waals surface area (Å²) in [5, 5.41) is 17.4. The summed E-state index contributed by atoms with van der Waals surface area (Å²) in [4.78, 5) is 27.6. The SMILES string of the molecule is CC1=C(N(C=O)c2c(C)cccc2N(C)CC(=O)NCC(F)(F)F)CNC(C2=c3cn[nH]c3=CNC2)=C1. The molecule has 0 radical (unpaired) electrons. The largest absolute Gasteiger partial charge is 0.405 e. The summed E-state index contributed by atoms with van der Waals surface area (Å²) in [7, 11) is 1.60. The molecule has 196 valence electrons. The molecule has 4 N–H and O–H groups in total. The molecule has 0 bridgehead atoms. The first kappa shape index (κ1) is 25.9. The van der Waals surface area contributed by atoms with Crippen molar-refractivity contribution >= 4 is 35.5 Å². The highest BCUT2D eigenvalue weighted by Gasteiger charge is 2.28. The summed E-state index contributed by atoms with van der Waals surface area (Å²) in [5.74, 6) is -0.777. The number of halogens is 3. The first-order valence-electron chi connectivity index (χ1n) is 11.6. The number of amides is 2. The Hall–Kier alpha value is -4.22. The molecule has 2 amide bonds. The Kier molecular flexibility index (Phi) is 7.28. The fourth-order valence-corrected chi connectivity index (χ4v) is 4.45. The molecular weight excluding hydrogens is 487 g/mol. The van der Waals surface area contributed by atoms with Gasteiger partial charge in [0.15, 0.2) is 0 Å². The smallest absolute Gasteiger partial charge is 0.385 e. The van der Waals surface area contributed by atoms with Crippen molar-refractivity contribution in [2.75, 3.05) is 43.0 Å². The zero-order valence-electron chi connectivity index (χ0n) is 20.7. The zero-order chi connectivity index (χ0) is 26.7. The van der Waals surface area contributed by atoms with Crippen molar-refractivity contribution < 1.29 is 22.8 Å². The number of para-hydroxylation sites is 1. The number of aromatic amines is 1. The molecule has 37 heavy (non-hydrogen) atoms. The Morgan fingerprint density at radius 1 is 1.24 bits per heavy atom. The second-order valence-corrected chi connectivity index (χ2v) is 8.91. The van der Waals surface area contributed by atoms with E-state index >= 15 is 0 Å². The van der Waals surface area contributed by atoms with Crippen LogP contribution >= 0.6 is 0 Å². The number of anilines is 2. The number of benzene rings is 1. The average molecular weight is 516 g/mol. The molecule has 0 fully saturated rings. The Bertz CT molecular complexity index is 1390. The first-order valence-corrected chi connectivity index (χ1v) is 11.6. The van der Waals surface area contributed by atoms with Crippen LogP contribution < -0.4 is 36.3 Å². The van der Waals surface area contributed by atoms with Gasteiger partial charge in [0, 0.05) is 42.0 Å². The van der Waals surface area contributed by atoms with E-state index in [1.54, 1.807) is 25.4 Å². The normalized spacial score (nSPS) is 15.1. The third kappa shape index (κ3) is 5.63. The van der Waals surface area contributed by atoms with Crippen molar-refractivity contribution in [1.29, 1.82) is 0 Å². The number of aryl methyl sites for hydroxylation is 1. The van der Waals surface area contributed by atoms with Crippen LogP contribution in [0.2, 0.25) is 0 Å². The van der Waals surface area contributed by atoms with Gasteiger partial charge in [-0.05, 0) is 37.1 Å². The second kappa shape index (κ2) is 10.4. The number of hydrogen-bond donors (Lipinski definition) is 4. The fraction of sp³-hybridized carbons (Fsp3) is 0.320. The molecule has 9 nitrogen and oxygen atoms in total. The minimum Gasteiger partial charge on any atom is -0.385 e. The number of fused-ring (bicyclic) bond motifs is 1. The Labute approximate surface area is 211 Å². The first-order chi connectivity index (χ1) is 17.6. The van der Waals surface area contributed by atoms with Crippen molar-refractivity contribution in [3.8, 4) is 0 Å². The number of alkyl halides is 3. The number of rotatable bonds is 8. The number of dihydropyridines is 1. The molecule has 0 spiro atoms. The molecular formula is C25H28F3N7O2. The third-order valence-corrected chi connectivity index (χ3v) is 6.24. The minimum absolute atomic E-state index is 0.311. The fourth-order valence-electron chi connectivity index (χ4n) is 4.45. The van der Waals surface area contributed by atoms with Gasteiger partial charge in [-0.1, -0.05) is 12.1 Å². The molecule has 0 unspecified atom stereocenters. The van der Waals surface area contributed by atoms with Gasteiger partial charge in [-0.3, -0.25) is 19.6 Å². The van der Waals surface area contributed by atoms with E-state index in [9.17, 15) is 22.8 Å². The van der Waals surface area contributed by atoms with Crippen LogP contribution in [0.3, 0.4) is 0 Å². The van der Waals surface area contributed by atoms with Crippen LogP contribution in [0, 0.1) is 6.92 Å². The van der Waals surface area contributed by atoms with Gasteiger partial charge in [-0.2, -0.15) is 18.3 Å². The van der Waals surface area contributed by atoms with E-state index < -0.39 is 18.6 Å². The molecule has 0 atom stereocenters. The number of hydrogen-bond acceptors (Lipinski definition) is 6. The van der Waals surface area contributed by atoms with E-state index in [0.717, 1.165) is 33.0 Å². The molecule has 0 saturated heterocycles. The predicted molar refractivity (Wildman–Crippen MR) is 135 cm³/mol. The summed E-state index contributed by atoms with van der Waals surface area (Å²) in [5.41, 5.74) is 5.40. The lowest BCUT2D eigenvalue weighted by Crippen LogP contribution is -2.41. The molecule has 2 aliphatic rings. The molecule has 1 aromatic heterocycles. The van der Waals surface area contributed by atoms with Crippen LogP contribution in [-0.4, -0.2) is 61.9 Å². The Morgan fingerprint density at radius 2 is 2.03 bits per heavy atom. The summed E-state index contributed by atoms with van der Waals surface area (Å²) in [6.45, 7) is 3.02. The average Bonchev–Trinajstić information content (AvgIpc) is 3.33. The maximum atomic E-state index is 12.5. The van der Waals surface area contributed by atoms with E-state index in [4.69, 9.17) is 0 Å². The lowest BCUT2D eigenvalue weighted by atomic mass is 10.0. The predicted octanol–water partition coefficient (Wildman–Crippen LogP) is 0.749. The highest BCUT2D eigenvalue weighted by atomic mass is 19.4. The second-order valence-electron chi connectivity index (χ2n) is 8.91. The number of allylic oxidation sites excluding steroid dienone is 2. The van der Waals surface area contributed by atoms with E-state index in [0.29, 0.717) is 36.6 Å². The van der Waals surface area contributed by atoms with Gasteiger partial charge in [0.1, 0.15) is 6.54 Å². The van der Waals surface area contributed by atoms with Crippen LogP contribution in [-0.2, 0) is 9.59 Å². The van der Waals surface area contributed by atoms with Crippen molar-refractivity contribution in [3.63, 3.8) is 0 Å². The molecule has 0 aliphatic carbocycles. The van der Waals surface area contributed by atoms with Gasteiger partial charge < -0.3 is 20.9 Å². The van der Waals surface area contributed by atoms with Gasteiger partial charge in [0.2, 0.25) is 12.3 Å². The number of likely N-dealkylation sites (N-methyl/N-ethyl adjacent to an activating group) is 1. The van der Waals surface area contributed by atoms with Gasteiger partial charge in [-0.15, -0.1) is 0 Å². The van der Waals surface area contributed by atoms with Crippen molar-refractivity contribution in [2.45, 2.75) is 20.0 Å². The number of carbonyl (C=O) groups is 2. The summed E-state index contributed by atoms with van der Waals surface area (Å²) in [6, 6.07) is 5.33. The maximum Gasteiger partial charge on any atom is 0.405 e. The van der Waals surface area contributed by atoms with E-state index in [1.807, 2.05) is 37.5 Å². The van der Waals surface area contributed by atoms with E-state index in [2.05, 4.69) is 20.8 Å². The molecule has 1 aromatic carbocycles. The highest BCUT2D eigenvalue weighted by Crippen LogP contribution is 2.35. The number of H-pyrrole nitrogens is 1. The van der Waals surface area contributed by atoms with Gasteiger partial charge in [0.25, 0.3) is 0 Å². The summed E-state index contributed by atoms with van der Waals surface area (Å²) in [6.07, 6.45) is 1.83. The number of aromatic nitrogens is 2. The monoisotopic (exact) mass is 515 g/mol. The van der Waals surface area contributed by atoms with E-state index in [1.165, 1.54) is 9.80 Å². The maximum absolute atomic E-state index is 12.5. The van der Waals surface area contributed by atoms with E-state index in [-0.39, 0.29) is 6.54 Å². The van der Waals surface area contributed by atoms with Crippen LogP contribution in [0.15, 0.2) is 47.4 Å². The topological polar surface area (TPSA) is 105 Å². The minimum atomic E-state index is -4.50. The molecule has 12 heteroatoms. The molecule has 4 rings (SSSR count). The quantitative estimate of drug-likeness (QED) is 0.387. The molecule has 2 aliphatic heterocycles. The molecule has 0 saturated carbocycles. The van der Waals surface area contributed by atoms with Crippen molar-refractivity contribution in [3.05, 3.63) is 63.6 Å². The van der Waals surface area contributed by atoms with Gasteiger partial charge in [-0.25, -0.2) is 0 Å². The lowest BCUT2D eigenvalue weighted by Gasteiger charge is -2.32. The van der Waals surface area contributed by atoms with Crippen molar-refractivity contribution in [1.82, 2.24) is 26.1 Å². The molecule has 3 heterocycles. The number of nitrogens with zero attached hydrogens (tertiary/aromatic N) is 3. The van der Waals surface area contributed by atoms with Crippen LogP contribution in [0.5, 0.6) is 0 Å². The molecule has 2 aromatic rings. The zero-order valence-corrected chi connectivity index (χ0v) is 20.7.